The van der Waals surface area contributed by atoms with Crippen LogP contribution in [0.15, 0.2) is 18.2 Å². The third kappa shape index (κ3) is 2.88. The summed E-state index contributed by atoms with van der Waals surface area (Å²) in [6.07, 6.45) is 1.05. The number of ketones is 1. The number of amides is 1. The van der Waals surface area contributed by atoms with Crippen molar-refractivity contribution < 1.29 is 14.3 Å². The van der Waals surface area contributed by atoms with Crippen molar-refractivity contribution >= 4 is 17.4 Å². The van der Waals surface area contributed by atoms with Gasteiger partial charge in [-0.05, 0) is 31.0 Å². The number of carbonyl (C=O) groups is 2. The largest absolute Gasteiger partial charge is 0.491 e. The molecule has 0 saturated carbocycles. The van der Waals surface area contributed by atoms with Gasteiger partial charge in [0.1, 0.15) is 11.5 Å². The minimum atomic E-state index is -0.0366. The maximum atomic E-state index is 11.4. The van der Waals surface area contributed by atoms with Gasteiger partial charge in [-0.25, -0.2) is 0 Å². The zero-order valence-electron chi connectivity index (χ0n) is 10.7. The molecule has 0 aliphatic carbocycles. The van der Waals surface area contributed by atoms with Crippen LogP contribution in [0.5, 0.6) is 5.75 Å². The minimum Gasteiger partial charge on any atom is -0.491 e. The summed E-state index contributed by atoms with van der Waals surface area (Å²) in [5, 5.41) is 2.82. The van der Waals surface area contributed by atoms with Crippen molar-refractivity contribution in [2.24, 2.45) is 5.92 Å². The number of nitrogens with one attached hydrogen (secondary N) is 1. The third-order valence-corrected chi connectivity index (χ3v) is 3.14. The Kier molecular flexibility index (Phi) is 3.65. The Morgan fingerprint density at radius 3 is 3.00 bits per heavy atom. The van der Waals surface area contributed by atoms with E-state index in [2.05, 4.69) is 5.32 Å². The molecule has 0 aromatic heterocycles. The predicted octanol–water partition coefficient (Wildman–Crippen LogP) is 2.18. The smallest absolute Gasteiger partial charge is 0.227 e. The van der Waals surface area contributed by atoms with Crippen LogP contribution in [0.1, 0.15) is 25.8 Å². The molecule has 1 aromatic rings. The molecular weight excluding hydrogens is 230 g/mol. The maximum absolute atomic E-state index is 11.4. The fourth-order valence-electron chi connectivity index (χ4n) is 1.89. The van der Waals surface area contributed by atoms with Gasteiger partial charge in [-0.15, -0.1) is 0 Å². The lowest BCUT2D eigenvalue weighted by Gasteiger charge is -2.11. The van der Waals surface area contributed by atoms with Crippen LogP contribution in [0.25, 0.3) is 0 Å². The van der Waals surface area contributed by atoms with Crippen LogP contribution in [0.2, 0.25) is 0 Å². The number of hydrogen-bond acceptors (Lipinski definition) is 3. The molecule has 1 aliphatic heterocycles. The van der Waals surface area contributed by atoms with Gasteiger partial charge in [0.25, 0.3) is 0 Å². The van der Waals surface area contributed by atoms with E-state index in [-0.39, 0.29) is 17.6 Å². The SMILES string of the molecule is CC(=O)C(C)Cc1ccc2c(c1)NC(=O)CCO2. The molecule has 4 heteroatoms. The molecule has 18 heavy (non-hydrogen) atoms. The Labute approximate surface area is 106 Å². The van der Waals surface area contributed by atoms with Crippen molar-refractivity contribution in [3.8, 4) is 5.75 Å². The number of rotatable bonds is 3. The van der Waals surface area contributed by atoms with E-state index >= 15 is 0 Å². The van der Waals surface area contributed by atoms with Gasteiger partial charge in [-0.1, -0.05) is 13.0 Å². The van der Waals surface area contributed by atoms with Crippen molar-refractivity contribution in [3.05, 3.63) is 23.8 Å². The molecule has 1 atom stereocenters. The van der Waals surface area contributed by atoms with Crippen molar-refractivity contribution in [1.82, 2.24) is 0 Å². The first kappa shape index (κ1) is 12.6. The fraction of sp³-hybridized carbons (Fsp3) is 0.429. The first-order valence-corrected chi connectivity index (χ1v) is 6.12. The Morgan fingerprint density at radius 1 is 1.50 bits per heavy atom. The van der Waals surface area contributed by atoms with Crippen LogP contribution in [0, 0.1) is 5.92 Å². The summed E-state index contributed by atoms with van der Waals surface area (Å²) in [5.41, 5.74) is 1.73. The van der Waals surface area contributed by atoms with Gasteiger partial charge in [-0.2, -0.15) is 0 Å². The molecule has 0 fully saturated rings. The van der Waals surface area contributed by atoms with Gasteiger partial charge in [0.15, 0.2) is 0 Å². The lowest BCUT2D eigenvalue weighted by Crippen LogP contribution is -2.11. The number of ether oxygens (including phenoxy) is 1. The van der Waals surface area contributed by atoms with E-state index in [1.54, 1.807) is 6.92 Å². The summed E-state index contributed by atoms with van der Waals surface area (Å²) in [7, 11) is 0. The molecule has 0 saturated heterocycles. The highest BCUT2D eigenvalue weighted by Gasteiger charge is 2.15. The van der Waals surface area contributed by atoms with E-state index in [1.165, 1.54) is 0 Å². The van der Waals surface area contributed by atoms with E-state index in [9.17, 15) is 9.59 Å². The lowest BCUT2D eigenvalue weighted by atomic mass is 9.97. The second-order valence-electron chi connectivity index (χ2n) is 4.69. The second kappa shape index (κ2) is 5.21. The maximum Gasteiger partial charge on any atom is 0.227 e. The van der Waals surface area contributed by atoms with Gasteiger partial charge in [-0.3, -0.25) is 9.59 Å². The Morgan fingerprint density at radius 2 is 2.28 bits per heavy atom. The van der Waals surface area contributed by atoms with Crippen LogP contribution >= 0.6 is 0 Å². The zero-order valence-corrected chi connectivity index (χ0v) is 10.7. The van der Waals surface area contributed by atoms with Gasteiger partial charge in [0.05, 0.1) is 18.7 Å². The highest BCUT2D eigenvalue weighted by molar-refractivity contribution is 5.93. The van der Waals surface area contributed by atoms with E-state index < -0.39 is 0 Å². The molecule has 2 rings (SSSR count). The summed E-state index contributed by atoms with van der Waals surface area (Å²) in [6, 6.07) is 5.68. The summed E-state index contributed by atoms with van der Waals surface area (Å²) < 4.78 is 5.48. The quantitative estimate of drug-likeness (QED) is 0.890. The van der Waals surface area contributed by atoms with Crippen LogP contribution in [0.4, 0.5) is 5.69 Å². The molecular formula is C14H17NO3. The average Bonchev–Trinajstić information content (AvgIpc) is 2.49. The molecule has 0 bridgehead atoms. The van der Waals surface area contributed by atoms with Crippen LogP contribution in [-0.2, 0) is 16.0 Å². The van der Waals surface area contributed by atoms with E-state index in [0.29, 0.717) is 30.9 Å². The summed E-state index contributed by atoms with van der Waals surface area (Å²) in [5.74, 6) is 0.821. The zero-order chi connectivity index (χ0) is 13.1. The molecule has 1 unspecified atom stereocenters. The molecule has 1 aromatic carbocycles. The molecule has 96 valence electrons. The molecule has 1 aliphatic rings. The summed E-state index contributed by atoms with van der Waals surface area (Å²) in [4.78, 5) is 22.7. The molecule has 0 spiro atoms. The molecule has 1 heterocycles. The Balaban J connectivity index is 2.20. The number of anilines is 1. The topological polar surface area (TPSA) is 55.4 Å². The Hall–Kier alpha value is -1.84. The van der Waals surface area contributed by atoms with Crippen molar-refractivity contribution in [3.63, 3.8) is 0 Å². The first-order valence-electron chi connectivity index (χ1n) is 6.12. The second-order valence-corrected chi connectivity index (χ2v) is 4.69. The van der Waals surface area contributed by atoms with Crippen molar-refractivity contribution in [2.75, 3.05) is 11.9 Å². The highest BCUT2D eigenvalue weighted by Crippen LogP contribution is 2.28. The van der Waals surface area contributed by atoms with Crippen LogP contribution < -0.4 is 10.1 Å². The minimum absolute atomic E-state index is 0.00884. The van der Waals surface area contributed by atoms with Crippen LogP contribution in [0.3, 0.4) is 0 Å². The monoisotopic (exact) mass is 247 g/mol. The average molecular weight is 247 g/mol. The van der Waals surface area contributed by atoms with E-state index in [4.69, 9.17) is 4.74 Å². The van der Waals surface area contributed by atoms with E-state index in [1.807, 2.05) is 25.1 Å². The standard InChI is InChI=1S/C14H17NO3/c1-9(10(2)16)7-11-3-4-13-12(8-11)15-14(17)5-6-18-13/h3-4,8-9H,5-7H2,1-2H3,(H,15,17). The van der Waals surface area contributed by atoms with Crippen molar-refractivity contribution in [2.45, 2.75) is 26.7 Å². The van der Waals surface area contributed by atoms with E-state index in [0.717, 1.165) is 5.56 Å². The number of hydrogen-bond donors (Lipinski definition) is 1. The van der Waals surface area contributed by atoms with Gasteiger partial charge >= 0.3 is 0 Å². The molecule has 1 amide bonds. The molecule has 1 N–H and O–H groups in total. The lowest BCUT2D eigenvalue weighted by molar-refractivity contribution is -0.120. The summed E-state index contributed by atoms with van der Waals surface area (Å²) >= 11 is 0. The van der Waals surface area contributed by atoms with Crippen LogP contribution in [-0.4, -0.2) is 18.3 Å². The number of benzene rings is 1. The predicted molar refractivity (Wildman–Crippen MR) is 68.7 cm³/mol. The first-order chi connectivity index (χ1) is 8.56. The number of Topliss-reactive ketones (excluding diaryl/α,β-unsaturated/α-hetero) is 1. The molecule has 4 nitrogen and oxygen atoms in total. The summed E-state index contributed by atoms with van der Waals surface area (Å²) in [6.45, 7) is 3.91. The van der Waals surface area contributed by atoms with Gasteiger partial charge in [0.2, 0.25) is 5.91 Å². The van der Waals surface area contributed by atoms with Gasteiger partial charge in [0, 0.05) is 5.92 Å². The number of fused-ring (bicyclic) bond motifs is 1. The normalized spacial score (nSPS) is 16.0. The third-order valence-electron chi connectivity index (χ3n) is 3.14. The highest BCUT2D eigenvalue weighted by atomic mass is 16.5. The fourth-order valence-corrected chi connectivity index (χ4v) is 1.89. The number of carbonyl (C=O) groups excluding carboxylic acids is 2. The van der Waals surface area contributed by atoms with Gasteiger partial charge < -0.3 is 10.1 Å². The molecule has 0 radical (unpaired) electrons. The Bertz CT molecular complexity index is 482. The van der Waals surface area contributed by atoms with Crippen molar-refractivity contribution in [1.29, 1.82) is 0 Å².